The van der Waals surface area contributed by atoms with E-state index in [1.807, 2.05) is 42.6 Å². The van der Waals surface area contributed by atoms with Crippen LogP contribution < -0.4 is 0 Å². The number of benzene rings is 2. The molecule has 112 valence electrons. The number of nitrogens with one attached hydrogen (secondary N) is 1. The SMILES string of the molecule is Clc1nc2c(-c3cccnc3Cc3ccccc3)cccc2[nH]1. The summed E-state index contributed by atoms with van der Waals surface area (Å²) in [6.45, 7) is 0. The van der Waals surface area contributed by atoms with Crippen LogP contribution in [-0.2, 0) is 6.42 Å². The summed E-state index contributed by atoms with van der Waals surface area (Å²) in [5, 5.41) is 0.404. The number of hydrogen-bond donors (Lipinski definition) is 1. The van der Waals surface area contributed by atoms with E-state index >= 15 is 0 Å². The minimum absolute atomic E-state index is 0.404. The summed E-state index contributed by atoms with van der Waals surface area (Å²) in [6.07, 6.45) is 2.62. The van der Waals surface area contributed by atoms with Crippen LogP contribution in [0.2, 0.25) is 5.28 Å². The molecule has 0 aliphatic rings. The number of nitrogens with zero attached hydrogens (tertiary/aromatic N) is 2. The number of fused-ring (bicyclic) bond motifs is 1. The van der Waals surface area contributed by atoms with Crippen LogP contribution in [0.3, 0.4) is 0 Å². The van der Waals surface area contributed by atoms with E-state index in [1.165, 1.54) is 5.56 Å². The van der Waals surface area contributed by atoms with Gasteiger partial charge in [-0.15, -0.1) is 0 Å². The third-order valence-corrected chi connectivity index (χ3v) is 4.06. The molecule has 3 nitrogen and oxygen atoms in total. The molecule has 2 heterocycles. The van der Waals surface area contributed by atoms with Gasteiger partial charge >= 0.3 is 0 Å². The van der Waals surface area contributed by atoms with Gasteiger partial charge in [-0.2, -0.15) is 0 Å². The molecule has 23 heavy (non-hydrogen) atoms. The summed E-state index contributed by atoms with van der Waals surface area (Å²) in [4.78, 5) is 12.1. The number of halogens is 1. The normalized spacial score (nSPS) is 11.0. The lowest BCUT2D eigenvalue weighted by Gasteiger charge is -2.09. The summed E-state index contributed by atoms with van der Waals surface area (Å²) >= 11 is 6.03. The molecule has 0 bridgehead atoms. The zero-order valence-corrected chi connectivity index (χ0v) is 13.1. The Morgan fingerprint density at radius 3 is 2.57 bits per heavy atom. The van der Waals surface area contributed by atoms with Crippen LogP contribution >= 0.6 is 11.6 Å². The minimum Gasteiger partial charge on any atom is -0.329 e. The van der Waals surface area contributed by atoms with Crippen molar-refractivity contribution >= 4 is 22.6 Å². The van der Waals surface area contributed by atoms with Gasteiger partial charge in [0.2, 0.25) is 5.28 Å². The highest BCUT2D eigenvalue weighted by Crippen LogP contribution is 2.30. The van der Waals surface area contributed by atoms with Crippen LogP contribution in [0.25, 0.3) is 22.2 Å². The fourth-order valence-electron chi connectivity index (χ4n) is 2.83. The first-order valence-electron chi connectivity index (χ1n) is 7.44. The molecular formula is C19H14ClN3. The molecule has 4 heteroatoms. The first kappa shape index (κ1) is 14.0. The van der Waals surface area contributed by atoms with Gasteiger partial charge in [0.1, 0.15) is 0 Å². The minimum atomic E-state index is 0.404. The van der Waals surface area contributed by atoms with Crippen molar-refractivity contribution in [1.82, 2.24) is 15.0 Å². The van der Waals surface area contributed by atoms with Crippen LogP contribution in [0.15, 0.2) is 66.9 Å². The maximum Gasteiger partial charge on any atom is 0.201 e. The van der Waals surface area contributed by atoms with E-state index in [4.69, 9.17) is 11.6 Å². The Kier molecular flexibility index (Phi) is 3.56. The standard InChI is InChI=1S/C19H14ClN3/c20-19-22-16-10-4-8-15(18(16)23-19)14-9-5-11-21-17(14)12-13-6-2-1-3-7-13/h1-11H,12H2,(H,22,23). The summed E-state index contributed by atoms with van der Waals surface area (Å²) in [5.41, 5.74) is 6.21. The van der Waals surface area contributed by atoms with Gasteiger partial charge in [-0.3, -0.25) is 4.98 Å². The van der Waals surface area contributed by atoms with Gasteiger partial charge < -0.3 is 4.98 Å². The molecule has 0 unspecified atom stereocenters. The Balaban J connectivity index is 1.85. The highest BCUT2D eigenvalue weighted by Gasteiger charge is 2.12. The van der Waals surface area contributed by atoms with Crippen LogP contribution in [0.5, 0.6) is 0 Å². The van der Waals surface area contributed by atoms with E-state index in [1.54, 1.807) is 0 Å². The van der Waals surface area contributed by atoms with E-state index in [9.17, 15) is 0 Å². The lowest BCUT2D eigenvalue weighted by atomic mass is 9.98. The zero-order valence-electron chi connectivity index (χ0n) is 12.3. The molecule has 0 aliphatic heterocycles. The molecular weight excluding hydrogens is 306 g/mol. The molecule has 0 atom stereocenters. The molecule has 1 N–H and O–H groups in total. The van der Waals surface area contributed by atoms with E-state index in [2.05, 4.69) is 39.2 Å². The molecule has 4 aromatic rings. The van der Waals surface area contributed by atoms with E-state index < -0.39 is 0 Å². The monoisotopic (exact) mass is 319 g/mol. The molecule has 2 aromatic heterocycles. The molecule has 0 saturated carbocycles. The maximum absolute atomic E-state index is 6.03. The number of hydrogen-bond acceptors (Lipinski definition) is 2. The third kappa shape index (κ3) is 2.71. The smallest absolute Gasteiger partial charge is 0.201 e. The Hall–Kier alpha value is -2.65. The highest BCUT2D eigenvalue weighted by atomic mass is 35.5. The number of H-pyrrole nitrogens is 1. The predicted octanol–water partition coefficient (Wildman–Crippen LogP) is 4.87. The molecule has 0 fully saturated rings. The number of aromatic nitrogens is 3. The lowest BCUT2D eigenvalue weighted by Crippen LogP contribution is -1.96. The number of pyridine rings is 1. The lowest BCUT2D eigenvalue weighted by molar-refractivity contribution is 1.08. The number of imidazole rings is 1. The molecule has 0 amide bonds. The Labute approximate surface area is 139 Å². The van der Waals surface area contributed by atoms with Gasteiger partial charge in [0.15, 0.2) is 0 Å². The van der Waals surface area contributed by atoms with Crippen molar-refractivity contribution in [2.45, 2.75) is 6.42 Å². The van der Waals surface area contributed by atoms with Gasteiger partial charge in [-0.25, -0.2) is 4.98 Å². The molecule has 0 radical (unpaired) electrons. The number of aromatic amines is 1. The van der Waals surface area contributed by atoms with Gasteiger partial charge in [0.05, 0.1) is 16.7 Å². The van der Waals surface area contributed by atoms with Crippen LogP contribution in [0.4, 0.5) is 0 Å². The predicted molar refractivity (Wildman–Crippen MR) is 93.6 cm³/mol. The average molecular weight is 320 g/mol. The topological polar surface area (TPSA) is 41.6 Å². The van der Waals surface area contributed by atoms with E-state index in [-0.39, 0.29) is 0 Å². The molecule has 0 saturated heterocycles. The van der Waals surface area contributed by atoms with Crippen molar-refractivity contribution < 1.29 is 0 Å². The average Bonchev–Trinajstić information content (AvgIpc) is 2.96. The third-order valence-electron chi connectivity index (χ3n) is 3.88. The molecule has 0 aliphatic carbocycles. The molecule has 0 spiro atoms. The van der Waals surface area contributed by atoms with Crippen molar-refractivity contribution in [3.63, 3.8) is 0 Å². The summed E-state index contributed by atoms with van der Waals surface area (Å²) in [5.74, 6) is 0. The fraction of sp³-hybridized carbons (Fsp3) is 0.0526. The van der Waals surface area contributed by atoms with Crippen LogP contribution in [0.1, 0.15) is 11.3 Å². The first-order valence-corrected chi connectivity index (χ1v) is 7.81. The second-order valence-corrected chi connectivity index (χ2v) is 5.75. The Morgan fingerprint density at radius 2 is 1.70 bits per heavy atom. The Bertz CT molecular complexity index is 961. The molecule has 2 aromatic carbocycles. The number of para-hydroxylation sites is 1. The van der Waals surface area contributed by atoms with Gasteiger partial charge in [0, 0.05) is 23.7 Å². The fourth-order valence-corrected chi connectivity index (χ4v) is 3.02. The van der Waals surface area contributed by atoms with Crippen LogP contribution in [-0.4, -0.2) is 15.0 Å². The largest absolute Gasteiger partial charge is 0.329 e. The second kappa shape index (κ2) is 5.86. The van der Waals surface area contributed by atoms with E-state index in [0.717, 1.165) is 34.3 Å². The Morgan fingerprint density at radius 1 is 0.870 bits per heavy atom. The van der Waals surface area contributed by atoms with Crippen molar-refractivity contribution in [3.05, 3.63) is 83.4 Å². The quantitative estimate of drug-likeness (QED) is 0.585. The first-order chi connectivity index (χ1) is 11.3. The van der Waals surface area contributed by atoms with Crippen LogP contribution in [0, 0.1) is 0 Å². The number of rotatable bonds is 3. The highest BCUT2D eigenvalue weighted by molar-refractivity contribution is 6.29. The molecule has 4 rings (SSSR count). The summed E-state index contributed by atoms with van der Waals surface area (Å²) < 4.78 is 0. The van der Waals surface area contributed by atoms with Gasteiger partial charge in [-0.1, -0.05) is 48.5 Å². The maximum atomic E-state index is 6.03. The van der Waals surface area contributed by atoms with Crippen molar-refractivity contribution in [2.24, 2.45) is 0 Å². The summed E-state index contributed by atoms with van der Waals surface area (Å²) in [6, 6.07) is 20.4. The zero-order chi connectivity index (χ0) is 15.6. The van der Waals surface area contributed by atoms with Crippen molar-refractivity contribution in [3.8, 4) is 11.1 Å². The van der Waals surface area contributed by atoms with Gasteiger partial charge in [-0.05, 0) is 29.3 Å². The second-order valence-electron chi connectivity index (χ2n) is 5.39. The van der Waals surface area contributed by atoms with E-state index in [0.29, 0.717) is 5.28 Å². The summed E-state index contributed by atoms with van der Waals surface area (Å²) in [7, 11) is 0. The van der Waals surface area contributed by atoms with Crippen molar-refractivity contribution in [1.29, 1.82) is 0 Å². The van der Waals surface area contributed by atoms with Crippen molar-refractivity contribution in [2.75, 3.05) is 0 Å². The van der Waals surface area contributed by atoms with Gasteiger partial charge in [0.25, 0.3) is 0 Å².